The van der Waals surface area contributed by atoms with Gasteiger partial charge in [-0.1, -0.05) is 30.3 Å². The SMILES string of the molecule is CNc1nc(N)c2ncn(Cc3ccccc3)c2n1. The molecule has 6 nitrogen and oxygen atoms in total. The number of nitrogen functional groups attached to an aromatic ring is 1. The summed E-state index contributed by atoms with van der Waals surface area (Å²) < 4.78 is 1.96. The van der Waals surface area contributed by atoms with E-state index in [1.165, 1.54) is 5.56 Å². The summed E-state index contributed by atoms with van der Waals surface area (Å²) in [5.41, 5.74) is 8.43. The number of nitrogens with two attached hydrogens (primary N) is 1. The maximum Gasteiger partial charge on any atom is 0.226 e. The maximum atomic E-state index is 5.87. The molecule has 2 heterocycles. The molecular formula is C13H14N6. The number of hydrogen-bond acceptors (Lipinski definition) is 5. The first-order chi connectivity index (χ1) is 9.28. The van der Waals surface area contributed by atoms with Crippen molar-refractivity contribution in [3.8, 4) is 0 Å². The van der Waals surface area contributed by atoms with Gasteiger partial charge >= 0.3 is 0 Å². The zero-order valence-electron chi connectivity index (χ0n) is 10.5. The number of fused-ring (bicyclic) bond motifs is 1. The van der Waals surface area contributed by atoms with Crippen molar-refractivity contribution in [2.45, 2.75) is 6.54 Å². The number of imidazole rings is 1. The van der Waals surface area contributed by atoms with E-state index in [1.54, 1.807) is 13.4 Å². The second-order valence-corrected chi connectivity index (χ2v) is 4.21. The number of rotatable bonds is 3. The van der Waals surface area contributed by atoms with Crippen LogP contribution in [0.1, 0.15) is 5.56 Å². The molecule has 96 valence electrons. The van der Waals surface area contributed by atoms with Gasteiger partial charge in [-0.05, 0) is 5.56 Å². The van der Waals surface area contributed by atoms with Crippen LogP contribution in [-0.4, -0.2) is 26.6 Å². The molecule has 0 aliphatic heterocycles. The number of aromatic nitrogens is 4. The molecule has 0 aliphatic rings. The highest BCUT2D eigenvalue weighted by Crippen LogP contribution is 2.18. The molecule has 3 N–H and O–H groups in total. The fraction of sp³-hybridized carbons (Fsp3) is 0.154. The molecule has 0 spiro atoms. The minimum Gasteiger partial charge on any atom is -0.382 e. The van der Waals surface area contributed by atoms with Gasteiger partial charge in [0.1, 0.15) is 5.52 Å². The fourth-order valence-corrected chi connectivity index (χ4v) is 1.97. The maximum absolute atomic E-state index is 5.87. The van der Waals surface area contributed by atoms with Crippen molar-refractivity contribution in [1.82, 2.24) is 19.5 Å². The Morgan fingerprint density at radius 2 is 2.00 bits per heavy atom. The Hall–Kier alpha value is -2.63. The highest BCUT2D eigenvalue weighted by molar-refractivity contribution is 5.82. The molecule has 0 radical (unpaired) electrons. The van der Waals surface area contributed by atoms with Crippen LogP contribution >= 0.6 is 0 Å². The molecule has 0 unspecified atom stereocenters. The van der Waals surface area contributed by atoms with Crippen molar-refractivity contribution >= 4 is 22.9 Å². The van der Waals surface area contributed by atoms with E-state index in [9.17, 15) is 0 Å². The average molecular weight is 254 g/mol. The molecular weight excluding hydrogens is 240 g/mol. The molecule has 0 saturated heterocycles. The molecule has 0 fully saturated rings. The Bertz CT molecular complexity index is 704. The van der Waals surface area contributed by atoms with Crippen LogP contribution in [0.4, 0.5) is 11.8 Å². The van der Waals surface area contributed by atoms with E-state index in [0.29, 0.717) is 23.8 Å². The largest absolute Gasteiger partial charge is 0.382 e. The molecule has 0 amide bonds. The fourth-order valence-electron chi connectivity index (χ4n) is 1.97. The van der Waals surface area contributed by atoms with Gasteiger partial charge in [-0.2, -0.15) is 9.97 Å². The van der Waals surface area contributed by atoms with Crippen molar-refractivity contribution in [3.05, 3.63) is 42.2 Å². The van der Waals surface area contributed by atoms with E-state index in [0.717, 1.165) is 5.65 Å². The third-order valence-electron chi connectivity index (χ3n) is 2.91. The van der Waals surface area contributed by atoms with Gasteiger partial charge in [0.2, 0.25) is 5.95 Å². The van der Waals surface area contributed by atoms with Gasteiger partial charge < -0.3 is 15.6 Å². The molecule has 0 aliphatic carbocycles. The highest BCUT2D eigenvalue weighted by Gasteiger charge is 2.10. The first kappa shape index (κ1) is 11.5. The summed E-state index contributed by atoms with van der Waals surface area (Å²) in [6, 6.07) is 10.1. The lowest BCUT2D eigenvalue weighted by Gasteiger charge is -2.05. The monoisotopic (exact) mass is 254 g/mol. The van der Waals surface area contributed by atoms with Gasteiger partial charge in [0, 0.05) is 7.05 Å². The minimum atomic E-state index is 0.390. The summed E-state index contributed by atoms with van der Waals surface area (Å²) in [5, 5.41) is 2.90. The van der Waals surface area contributed by atoms with E-state index in [1.807, 2.05) is 22.8 Å². The molecule has 3 aromatic rings. The second kappa shape index (κ2) is 4.56. The zero-order valence-corrected chi connectivity index (χ0v) is 10.5. The van der Waals surface area contributed by atoms with Gasteiger partial charge in [-0.3, -0.25) is 0 Å². The quantitative estimate of drug-likeness (QED) is 0.740. The Morgan fingerprint density at radius 3 is 2.74 bits per heavy atom. The minimum absolute atomic E-state index is 0.390. The number of anilines is 2. The van der Waals surface area contributed by atoms with Gasteiger partial charge in [0.05, 0.1) is 12.9 Å². The molecule has 0 saturated carbocycles. The zero-order chi connectivity index (χ0) is 13.2. The van der Waals surface area contributed by atoms with Gasteiger partial charge in [-0.25, -0.2) is 4.98 Å². The summed E-state index contributed by atoms with van der Waals surface area (Å²) in [5.74, 6) is 0.890. The van der Waals surface area contributed by atoms with E-state index in [-0.39, 0.29) is 0 Å². The predicted octanol–water partition coefficient (Wildman–Crippen LogP) is 1.50. The molecule has 0 bridgehead atoms. The molecule has 0 atom stereocenters. The van der Waals surface area contributed by atoms with Gasteiger partial charge in [0.25, 0.3) is 0 Å². The molecule has 3 rings (SSSR count). The molecule has 19 heavy (non-hydrogen) atoms. The van der Waals surface area contributed by atoms with Crippen LogP contribution < -0.4 is 11.1 Å². The van der Waals surface area contributed by atoms with E-state index in [2.05, 4.69) is 32.4 Å². The number of hydrogen-bond donors (Lipinski definition) is 2. The van der Waals surface area contributed by atoms with Crippen LogP contribution in [0.5, 0.6) is 0 Å². The number of nitrogens with zero attached hydrogens (tertiary/aromatic N) is 4. The Balaban J connectivity index is 2.07. The van der Waals surface area contributed by atoms with Crippen LogP contribution in [-0.2, 0) is 6.54 Å². The van der Waals surface area contributed by atoms with E-state index in [4.69, 9.17) is 5.73 Å². The summed E-state index contributed by atoms with van der Waals surface area (Å²) in [6.45, 7) is 0.705. The van der Waals surface area contributed by atoms with Gasteiger partial charge in [0.15, 0.2) is 11.5 Å². The third kappa shape index (κ3) is 2.08. The lowest BCUT2D eigenvalue weighted by molar-refractivity contribution is 0.813. The summed E-state index contributed by atoms with van der Waals surface area (Å²) in [7, 11) is 1.76. The Morgan fingerprint density at radius 1 is 1.21 bits per heavy atom. The molecule has 2 aromatic heterocycles. The van der Waals surface area contributed by atoms with Crippen LogP contribution in [0.15, 0.2) is 36.7 Å². The summed E-state index contributed by atoms with van der Waals surface area (Å²) >= 11 is 0. The number of benzene rings is 1. The lowest BCUT2D eigenvalue weighted by atomic mass is 10.2. The lowest BCUT2D eigenvalue weighted by Crippen LogP contribution is -2.04. The van der Waals surface area contributed by atoms with Crippen molar-refractivity contribution in [2.24, 2.45) is 0 Å². The van der Waals surface area contributed by atoms with Crippen LogP contribution in [0.2, 0.25) is 0 Å². The third-order valence-corrected chi connectivity index (χ3v) is 2.91. The predicted molar refractivity (Wildman–Crippen MR) is 74.8 cm³/mol. The number of nitrogens with one attached hydrogen (secondary N) is 1. The second-order valence-electron chi connectivity index (χ2n) is 4.21. The van der Waals surface area contributed by atoms with Crippen molar-refractivity contribution in [3.63, 3.8) is 0 Å². The van der Waals surface area contributed by atoms with Crippen molar-refractivity contribution < 1.29 is 0 Å². The van der Waals surface area contributed by atoms with E-state index < -0.39 is 0 Å². The first-order valence-electron chi connectivity index (χ1n) is 5.98. The summed E-state index contributed by atoms with van der Waals surface area (Å²) in [4.78, 5) is 12.8. The topological polar surface area (TPSA) is 81.6 Å². The van der Waals surface area contributed by atoms with E-state index >= 15 is 0 Å². The van der Waals surface area contributed by atoms with Crippen molar-refractivity contribution in [1.29, 1.82) is 0 Å². The molecule has 1 aromatic carbocycles. The van der Waals surface area contributed by atoms with Crippen molar-refractivity contribution in [2.75, 3.05) is 18.1 Å². The summed E-state index contributed by atoms with van der Waals surface area (Å²) in [6.07, 6.45) is 1.74. The smallest absolute Gasteiger partial charge is 0.226 e. The van der Waals surface area contributed by atoms with Crippen LogP contribution in [0, 0.1) is 0 Å². The first-order valence-corrected chi connectivity index (χ1v) is 5.98. The van der Waals surface area contributed by atoms with Gasteiger partial charge in [-0.15, -0.1) is 0 Å². The normalized spacial score (nSPS) is 10.8. The Labute approximate surface area is 110 Å². The standard InChI is InChI=1S/C13H14N6/c1-15-13-17-11(14)10-12(18-13)19(8-16-10)7-9-5-3-2-4-6-9/h2-6,8H,7H2,1H3,(H3,14,15,17,18). The van der Waals surface area contributed by atoms with Crippen LogP contribution in [0.25, 0.3) is 11.2 Å². The highest BCUT2D eigenvalue weighted by atomic mass is 15.2. The average Bonchev–Trinajstić information content (AvgIpc) is 2.83. The van der Waals surface area contributed by atoms with Crippen LogP contribution in [0.3, 0.4) is 0 Å². The molecule has 6 heteroatoms. The Kier molecular flexibility index (Phi) is 2.75.